The number of carbonyl (C=O) groups excluding carboxylic acids is 1. The number of rotatable bonds is 8. The topological polar surface area (TPSA) is 71.4 Å². The fourth-order valence-corrected chi connectivity index (χ4v) is 3.07. The quantitative estimate of drug-likeness (QED) is 0.500. The summed E-state index contributed by atoms with van der Waals surface area (Å²) in [5.41, 5.74) is 0.739. The van der Waals surface area contributed by atoms with Gasteiger partial charge >= 0.3 is 6.03 Å². The molecule has 0 atom stereocenters. The monoisotopic (exact) mass is 447 g/mol. The summed E-state index contributed by atoms with van der Waals surface area (Å²) < 4.78 is 48.5. The van der Waals surface area contributed by atoms with E-state index < -0.39 is 23.5 Å². The van der Waals surface area contributed by atoms with E-state index in [0.29, 0.717) is 29.7 Å². The maximum absolute atomic E-state index is 14.4. The number of amides is 2. The number of benzene rings is 2. The van der Waals surface area contributed by atoms with Crippen LogP contribution in [0.2, 0.25) is 0 Å². The van der Waals surface area contributed by atoms with Gasteiger partial charge in [-0.1, -0.05) is 0 Å². The maximum atomic E-state index is 14.4. The van der Waals surface area contributed by atoms with Gasteiger partial charge in [-0.3, -0.25) is 4.68 Å². The minimum atomic E-state index is -0.903. The first-order chi connectivity index (χ1) is 15.2. The molecule has 0 radical (unpaired) electrons. The largest absolute Gasteiger partial charge is 0.493 e. The summed E-state index contributed by atoms with van der Waals surface area (Å²) in [5, 5.41) is 8.79. The summed E-state index contributed by atoms with van der Waals surface area (Å²) in [7, 11) is 5.51. The molecule has 170 valence electrons. The van der Waals surface area contributed by atoms with E-state index in [1.807, 2.05) is 19.0 Å². The maximum Gasteiger partial charge on any atom is 0.323 e. The standard InChI is InChI=1S/C22H24F3N5O2/c1-29(2)9-4-10-32-20-8-6-15(12-16(20)21-18(25)13-26-30(21)3)27-22(31)28-19-7-5-14(23)11-17(19)24/h5-8,11-13H,4,9-10H2,1-3H3,(H2,27,28,31). The highest BCUT2D eigenvalue weighted by atomic mass is 19.1. The average molecular weight is 447 g/mol. The summed E-state index contributed by atoms with van der Waals surface area (Å²) in [6.45, 7) is 1.25. The van der Waals surface area contributed by atoms with Crippen molar-refractivity contribution >= 4 is 17.4 Å². The van der Waals surface area contributed by atoms with Crippen LogP contribution in [0.4, 0.5) is 29.3 Å². The van der Waals surface area contributed by atoms with Crippen molar-refractivity contribution in [3.8, 4) is 17.0 Å². The molecule has 0 aliphatic carbocycles. The normalized spacial score (nSPS) is 11.0. The third kappa shape index (κ3) is 5.79. The van der Waals surface area contributed by atoms with Gasteiger partial charge < -0.3 is 20.3 Å². The Bertz CT molecular complexity index is 1080. The van der Waals surface area contributed by atoms with E-state index >= 15 is 0 Å². The molecule has 0 aliphatic heterocycles. The fraction of sp³-hybridized carbons (Fsp3) is 0.273. The molecule has 0 saturated heterocycles. The predicted octanol–water partition coefficient (Wildman–Crippen LogP) is 4.48. The van der Waals surface area contributed by atoms with Crippen molar-refractivity contribution in [1.82, 2.24) is 14.7 Å². The van der Waals surface area contributed by atoms with E-state index in [0.717, 1.165) is 31.3 Å². The highest BCUT2D eigenvalue weighted by molar-refractivity contribution is 6.00. The highest BCUT2D eigenvalue weighted by Gasteiger charge is 2.18. The second-order valence-electron chi connectivity index (χ2n) is 7.38. The molecule has 0 spiro atoms. The van der Waals surface area contributed by atoms with E-state index in [1.54, 1.807) is 25.2 Å². The van der Waals surface area contributed by atoms with Gasteiger partial charge in [0.2, 0.25) is 0 Å². The Labute approximate surface area is 183 Å². The zero-order valence-electron chi connectivity index (χ0n) is 18.0. The molecule has 2 aromatic carbocycles. The number of hydrogen-bond acceptors (Lipinski definition) is 4. The van der Waals surface area contributed by atoms with Crippen LogP contribution in [0.1, 0.15) is 6.42 Å². The minimum Gasteiger partial charge on any atom is -0.493 e. The van der Waals surface area contributed by atoms with Crippen molar-refractivity contribution in [3.63, 3.8) is 0 Å². The van der Waals surface area contributed by atoms with Crippen LogP contribution in [0.3, 0.4) is 0 Å². The molecular weight excluding hydrogens is 423 g/mol. The Morgan fingerprint density at radius 3 is 2.53 bits per heavy atom. The number of nitrogens with one attached hydrogen (secondary N) is 2. The Balaban J connectivity index is 1.81. The van der Waals surface area contributed by atoms with Crippen LogP contribution in [-0.4, -0.2) is 48.0 Å². The molecule has 0 aliphatic rings. The van der Waals surface area contributed by atoms with Crippen molar-refractivity contribution in [2.75, 3.05) is 37.9 Å². The summed E-state index contributed by atoms with van der Waals surface area (Å²) in [6.07, 6.45) is 1.86. The van der Waals surface area contributed by atoms with Gasteiger partial charge in [0.05, 0.1) is 18.5 Å². The average Bonchev–Trinajstić information content (AvgIpc) is 3.06. The van der Waals surface area contributed by atoms with Crippen LogP contribution in [0.5, 0.6) is 5.75 Å². The van der Waals surface area contributed by atoms with Gasteiger partial charge in [-0.15, -0.1) is 0 Å². The van der Waals surface area contributed by atoms with Gasteiger partial charge in [0.1, 0.15) is 23.1 Å². The van der Waals surface area contributed by atoms with Gasteiger partial charge in [0.25, 0.3) is 0 Å². The molecular formula is C22H24F3N5O2. The van der Waals surface area contributed by atoms with E-state index in [1.165, 1.54) is 4.68 Å². The lowest BCUT2D eigenvalue weighted by atomic mass is 10.1. The van der Waals surface area contributed by atoms with Crippen molar-refractivity contribution in [3.05, 3.63) is 60.0 Å². The summed E-state index contributed by atoms with van der Waals surface area (Å²) >= 11 is 0. The lowest BCUT2D eigenvalue weighted by Crippen LogP contribution is -2.20. The second-order valence-corrected chi connectivity index (χ2v) is 7.38. The first kappa shape index (κ1) is 23.1. The third-order valence-corrected chi connectivity index (χ3v) is 4.57. The van der Waals surface area contributed by atoms with Crippen LogP contribution < -0.4 is 15.4 Å². The molecule has 1 heterocycles. The van der Waals surface area contributed by atoms with Crippen LogP contribution in [0, 0.1) is 17.5 Å². The molecule has 0 saturated carbocycles. The molecule has 3 rings (SSSR count). The van der Waals surface area contributed by atoms with E-state index in [9.17, 15) is 18.0 Å². The van der Waals surface area contributed by atoms with Crippen molar-refractivity contribution in [2.45, 2.75) is 6.42 Å². The molecule has 32 heavy (non-hydrogen) atoms. The molecule has 2 amide bonds. The second kappa shape index (κ2) is 10.2. The highest BCUT2D eigenvalue weighted by Crippen LogP contribution is 2.34. The van der Waals surface area contributed by atoms with Gasteiger partial charge in [0, 0.05) is 30.9 Å². The van der Waals surface area contributed by atoms with Crippen molar-refractivity contribution < 1.29 is 22.7 Å². The molecule has 1 aromatic heterocycles. The zero-order valence-corrected chi connectivity index (χ0v) is 18.0. The Morgan fingerprint density at radius 1 is 1.09 bits per heavy atom. The summed E-state index contributed by atoms with van der Waals surface area (Å²) in [4.78, 5) is 14.3. The van der Waals surface area contributed by atoms with Gasteiger partial charge in [-0.25, -0.2) is 18.0 Å². The van der Waals surface area contributed by atoms with Gasteiger partial charge in [-0.05, 0) is 50.8 Å². The van der Waals surface area contributed by atoms with Gasteiger partial charge in [0.15, 0.2) is 5.82 Å². The molecule has 0 fully saturated rings. The fourth-order valence-electron chi connectivity index (χ4n) is 3.07. The number of aryl methyl sites for hydroxylation is 1. The molecule has 0 bridgehead atoms. The van der Waals surface area contributed by atoms with Crippen LogP contribution in [-0.2, 0) is 7.05 Å². The van der Waals surface area contributed by atoms with E-state index in [4.69, 9.17) is 4.74 Å². The van der Waals surface area contributed by atoms with E-state index in [-0.39, 0.29) is 11.4 Å². The smallest absolute Gasteiger partial charge is 0.323 e. The number of nitrogens with zero attached hydrogens (tertiary/aromatic N) is 3. The van der Waals surface area contributed by atoms with Gasteiger partial charge in [-0.2, -0.15) is 5.10 Å². The first-order valence-electron chi connectivity index (χ1n) is 9.87. The number of halogens is 3. The molecule has 3 aromatic rings. The lowest BCUT2D eigenvalue weighted by Gasteiger charge is -2.15. The number of anilines is 2. The van der Waals surface area contributed by atoms with Crippen LogP contribution in [0.25, 0.3) is 11.3 Å². The SMILES string of the molecule is CN(C)CCCOc1ccc(NC(=O)Nc2ccc(F)cc2F)cc1-c1c(F)cnn1C. The minimum absolute atomic E-state index is 0.178. The Kier molecular flexibility index (Phi) is 7.37. The Morgan fingerprint density at radius 2 is 1.88 bits per heavy atom. The summed E-state index contributed by atoms with van der Waals surface area (Å²) in [5.74, 6) is -1.76. The van der Waals surface area contributed by atoms with E-state index in [2.05, 4.69) is 15.7 Å². The number of ether oxygens (including phenoxy) is 1. The molecule has 7 nitrogen and oxygen atoms in total. The third-order valence-electron chi connectivity index (χ3n) is 4.57. The van der Waals surface area contributed by atoms with Crippen molar-refractivity contribution in [1.29, 1.82) is 0 Å². The number of urea groups is 1. The Hall–Kier alpha value is -3.53. The first-order valence-corrected chi connectivity index (χ1v) is 9.87. The van der Waals surface area contributed by atoms with Crippen LogP contribution in [0.15, 0.2) is 42.6 Å². The molecule has 0 unspecified atom stereocenters. The zero-order chi connectivity index (χ0) is 23.3. The molecule has 10 heteroatoms. The molecule has 2 N–H and O–H groups in total. The number of carbonyl (C=O) groups is 1. The lowest BCUT2D eigenvalue weighted by molar-refractivity contribution is 0.262. The van der Waals surface area contributed by atoms with Crippen LogP contribution >= 0.6 is 0 Å². The summed E-state index contributed by atoms with van der Waals surface area (Å²) in [6, 6.07) is 6.82. The number of aromatic nitrogens is 2. The number of hydrogen-bond donors (Lipinski definition) is 2. The predicted molar refractivity (Wildman–Crippen MR) is 116 cm³/mol. The van der Waals surface area contributed by atoms with Crippen molar-refractivity contribution in [2.24, 2.45) is 7.05 Å².